The van der Waals surface area contributed by atoms with Crippen LogP contribution in [0, 0.1) is 0 Å². The number of nitrogens with one attached hydrogen (secondary N) is 1. The summed E-state index contributed by atoms with van der Waals surface area (Å²) in [6, 6.07) is 1.02. The predicted molar refractivity (Wildman–Crippen MR) is 69.8 cm³/mol. The van der Waals surface area contributed by atoms with Gasteiger partial charge in [-0.3, -0.25) is 0 Å². The van der Waals surface area contributed by atoms with Gasteiger partial charge in [0.25, 0.3) is 0 Å². The van der Waals surface area contributed by atoms with Crippen molar-refractivity contribution in [3.05, 3.63) is 24.2 Å². The number of alkyl halides is 3. The lowest BCUT2D eigenvalue weighted by atomic mass is 10.3. The summed E-state index contributed by atoms with van der Waals surface area (Å²) in [5, 5.41) is 6.56. The molecule has 0 spiro atoms. The van der Waals surface area contributed by atoms with Crippen molar-refractivity contribution in [1.29, 1.82) is 0 Å². The number of anilines is 1. The molecule has 0 saturated heterocycles. The van der Waals surface area contributed by atoms with E-state index in [0.29, 0.717) is 17.9 Å². The Morgan fingerprint density at radius 2 is 2.15 bits per heavy atom. The van der Waals surface area contributed by atoms with Crippen LogP contribution in [-0.2, 0) is 6.18 Å². The van der Waals surface area contributed by atoms with E-state index < -0.39 is 11.9 Å². The number of halogens is 3. The van der Waals surface area contributed by atoms with E-state index >= 15 is 0 Å². The lowest BCUT2D eigenvalue weighted by Crippen LogP contribution is -2.23. The molecule has 0 amide bonds. The fourth-order valence-corrected chi connectivity index (χ4v) is 1.94. The van der Waals surface area contributed by atoms with Gasteiger partial charge in [-0.05, 0) is 20.0 Å². The molecular weight excluding hydrogens is 271 g/mol. The van der Waals surface area contributed by atoms with Crippen LogP contribution in [-0.4, -0.2) is 41.8 Å². The fourth-order valence-electron chi connectivity index (χ4n) is 1.94. The first-order valence-electron chi connectivity index (χ1n) is 6.21. The topological polar surface area (TPSA) is 45.5 Å². The quantitative estimate of drug-likeness (QED) is 0.852. The van der Waals surface area contributed by atoms with Gasteiger partial charge in [0.2, 0.25) is 0 Å². The summed E-state index contributed by atoms with van der Waals surface area (Å²) in [6.45, 7) is 1.53. The van der Waals surface area contributed by atoms with Gasteiger partial charge < -0.3 is 10.2 Å². The van der Waals surface area contributed by atoms with Crippen molar-refractivity contribution in [1.82, 2.24) is 19.9 Å². The van der Waals surface area contributed by atoms with Crippen LogP contribution in [0.4, 0.5) is 19.0 Å². The molecule has 2 aromatic rings. The number of rotatable bonds is 5. The Morgan fingerprint density at radius 3 is 2.80 bits per heavy atom. The van der Waals surface area contributed by atoms with Crippen LogP contribution in [0.2, 0.25) is 0 Å². The van der Waals surface area contributed by atoms with E-state index in [1.807, 2.05) is 11.9 Å². The second kappa shape index (κ2) is 5.66. The minimum atomic E-state index is -4.45. The molecule has 0 aliphatic heterocycles. The Kier molecular flexibility index (Phi) is 4.12. The molecule has 8 heteroatoms. The third kappa shape index (κ3) is 3.01. The maximum Gasteiger partial charge on any atom is 0.435 e. The molecule has 0 radical (unpaired) electrons. The number of hydrogen-bond acceptors (Lipinski definition) is 4. The molecule has 110 valence electrons. The Bertz CT molecular complexity index is 578. The molecule has 1 N–H and O–H groups in total. The molecule has 2 heterocycles. The first kappa shape index (κ1) is 14.6. The minimum Gasteiger partial charge on any atom is -0.358 e. The van der Waals surface area contributed by atoms with Gasteiger partial charge in [-0.25, -0.2) is 9.50 Å². The normalized spacial score (nSPS) is 12.1. The van der Waals surface area contributed by atoms with Gasteiger partial charge in [0, 0.05) is 32.1 Å². The molecule has 2 aromatic heterocycles. The highest BCUT2D eigenvalue weighted by atomic mass is 19.4. The zero-order valence-corrected chi connectivity index (χ0v) is 11.3. The van der Waals surface area contributed by atoms with Gasteiger partial charge in [-0.15, -0.1) is 0 Å². The highest BCUT2D eigenvalue weighted by Gasteiger charge is 2.34. The van der Waals surface area contributed by atoms with Crippen molar-refractivity contribution in [3.63, 3.8) is 0 Å². The summed E-state index contributed by atoms with van der Waals surface area (Å²) >= 11 is 0. The van der Waals surface area contributed by atoms with Gasteiger partial charge in [-0.2, -0.15) is 18.3 Å². The average molecular weight is 287 g/mol. The molecule has 2 rings (SSSR count). The maximum absolute atomic E-state index is 12.7. The van der Waals surface area contributed by atoms with E-state index in [4.69, 9.17) is 0 Å². The van der Waals surface area contributed by atoms with Crippen LogP contribution in [0.15, 0.2) is 18.5 Å². The summed E-state index contributed by atoms with van der Waals surface area (Å²) in [5.74, 6) is 0.492. The van der Waals surface area contributed by atoms with Gasteiger partial charge in [0.15, 0.2) is 11.5 Å². The molecule has 0 aromatic carbocycles. The molecule has 0 fully saturated rings. The molecule has 0 atom stereocenters. The van der Waals surface area contributed by atoms with E-state index in [1.165, 1.54) is 16.9 Å². The van der Waals surface area contributed by atoms with E-state index in [9.17, 15) is 13.2 Å². The second-order valence-electron chi connectivity index (χ2n) is 4.49. The molecule has 0 aliphatic carbocycles. The Balaban J connectivity index is 2.31. The van der Waals surface area contributed by atoms with Crippen LogP contribution in [0.25, 0.3) is 5.52 Å². The zero-order chi connectivity index (χ0) is 14.8. The summed E-state index contributed by atoms with van der Waals surface area (Å²) in [6.07, 6.45) is -0.719. The van der Waals surface area contributed by atoms with E-state index in [-0.39, 0.29) is 0 Å². The van der Waals surface area contributed by atoms with Crippen LogP contribution in [0.5, 0.6) is 0 Å². The third-order valence-corrected chi connectivity index (χ3v) is 2.94. The first-order valence-corrected chi connectivity index (χ1v) is 6.21. The van der Waals surface area contributed by atoms with Crippen molar-refractivity contribution < 1.29 is 13.2 Å². The Morgan fingerprint density at radius 1 is 1.40 bits per heavy atom. The zero-order valence-electron chi connectivity index (χ0n) is 11.3. The number of aromatic nitrogens is 3. The number of hydrogen-bond donors (Lipinski definition) is 1. The molecule has 0 bridgehead atoms. The van der Waals surface area contributed by atoms with Crippen molar-refractivity contribution in [2.45, 2.75) is 12.6 Å². The maximum atomic E-state index is 12.7. The third-order valence-electron chi connectivity index (χ3n) is 2.94. The summed E-state index contributed by atoms with van der Waals surface area (Å²) < 4.78 is 39.3. The van der Waals surface area contributed by atoms with Gasteiger partial charge in [0.05, 0.1) is 0 Å². The number of fused-ring (bicyclic) bond motifs is 1. The molecule has 0 unspecified atom stereocenters. The molecule has 5 nitrogen and oxygen atoms in total. The lowest BCUT2D eigenvalue weighted by Gasteiger charge is -2.18. The molecule has 0 aliphatic rings. The van der Waals surface area contributed by atoms with Crippen LogP contribution >= 0.6 is 0 Å². The lowest BCUT2D eigenvalue weighted by molar-refractivity contribution is -0.141. The standard InChI is InChI=1S/C12H16F3N5/c1-16-4-3-6-19(2)11-9-8-10(12(13,14)15)18-20(9)7-5-17-11/h5,7-8,16H,3-4,6H2,1-2H3. The van der Waals surface area contributed by atoms with Crippen molar-refractivity contribution >= 4 is 11.3 Å². The summed E-state index contributed by atoms with van der Waals surface area (Å²) in [7, 11) is 3.66. The molecule has 0 saturated carbocycles. The van der Waals surface area contributed by atoms with Crippen LogP contribution in [0.3, 0.4) is 0 Å². The van der Waals surface area contributed by atoms with Crippen LogP contribution in [0.1, 0.15) is 12.1 Å². The van der Waals surface area contributed by atoms with Gasteiger partial charge in [0.1, 0.15) is 5.52 Å². The smallest absolute Gasteiger partial charge is 0.358 e. The predicted octanol–water partition coefficient (Wildman–Crippen LogP) is 1.79. The van der Waals surface area contributed by atoms with Crippen molar-refractivity contribution in [2.75, 3.05) is 32.1 Å². The summed E-state index contributed by atoms with van der Waals surface area (Å²) in [5.41, 5.74) is -0.554. The van der Waals surface area contributed by atoms with Crippen molar-refractivity contribution in [3.8, 4) is 0 Å². The molecule has 20 heavy (non-hydrogen) atoms. The van der Waals surface area contributed by atoms with E-state index in [0.717, 1.165) is 19.0 Å². The highest BCUT2D eigenvalue weighted by molar-refractivity contribution is 5.68. The Hall–Kier alpha value is -1.83. The largest absolute Gasteiger partial charge is 0.435 e. The fraction of sp³-hybridized carbons (Fsp3) is 0.500. The Labute approximate surface area is 114 Å². The molecular formula is C12H16F3N5. The second-order valence-corrected chi connectivity index (χ2v) is 4.49. The van der Waals surface area contributed by atoms with Gasteiger partial charge >= 0.3 is 6.18 Å². The highest BCUT2D eigenvalue weighted by Crippen LogP contribution is 2.30. The minimum absolute atomic E-state index is 0.354. The first-order chi connectivity index (χ1) is 9.43. The van der Waals surface area contributed by atoms with Crippen LogP contribution < -0.4 is 10.2 Å². The number of nitrogens with zero attached hydrogens (tertiary/aromatic N) is 4. The summed E-state index contributed by atoms with van der Waals surface area (Å²) in [4.78, 5) is 5.99. The van der Waals surface area contributed by atoms with E-state index in [2.05, 4.69) is 15.4 Å². The van der Waals surface area contributed by atoms with Gasteiger partial charge in [-0.1, -0.05) is 0 Å². The SMILES string of the molecule is CNCCCN(C)c1nccn2nc(C(F)(F)F)cc12. The monoisotopic (exact) mass is 287 g/mol. The van der Waals surface area contributed by atoms with E-state index in [1.54, 1.807) is 7.05 Å². The average Bonchev–Trinajstić information content (AvgIpc) is 2.82. The van der Waals surface area contributed by atoms with Crippen molar-refractivity contribution in [2.24, 2.45) is 0 Å².